The number of benzene rings is 1. The van der Waals surface area contributed by atoms with Gasteiger partial charge in [-0.1, -0.05) is 6.07 Å². The zero-order valence-electron chi connectivity index (χ0n) is 16.4. The molecule has 1 aliphatic rings. The predicted octanol–water partition coefficient (Wildman–Crippen LogP) is 2.03. The second-order valence-corrected chi connectivity index (χ2v) is 6.69. The molecule has 0 saturated carbocycles. The summed E-state index contributed by atoms with van der Waals surface area (Å²) in [4.78, 5) is 4.26. The number of hydrogen-bond donors (Lipinski definition) is 3. The van der Waals surface area contributed by atoms with Crippen molar-refractivity contribution in [2.75, 3.05) is 47.1 Å². The van der Waals surface area contributed by atoms with E-state index in [1.165, 1.54) is 0 Å². The summed E-state index contributed by atoms with van der Waals surface area (Å²) in [5.41, 5.74) is -0.0188. The minimum atomic E-state index is -0.0399. The van der Waals surface area contributed by atoms with Gasteiger partial charge >= 0.3 is 0 Å². The molecule has 7 nitrogen and oxygen atoms in total. The number of guanidine groups is 1. The molecule has 1 fully saturated rings. The zero-order chi connectivity index (χ0) is 18.8. The number of aliphatic hydroxyl groups is 1. The second kappa shape index (κ2) is 12.2. The topological polar surface area (TPSA) is 84.3 Å². The van der Waals surface area contributed by atoms with Crippen molar-refractivity contribution in [2.45, 2.75) is 25.9 Å². The van der Waals surface area contributed by atoms with Crippen molar-refractivity contribution < 1.29 is 19.3 Å². The number of aliphatic imine (C=N–C) groups is 1. The van der Waals surface area contributed by atoms with Gasteiger partial charge in [0, 0.05) is 38.3 Å². The molecule has 1 heterocycles. The lowest BCUT2D eigenvalue weighted by atomic mass is 9.84. The molecule has 0 spiro atoms. The van der Waals surface area contributed by atoms with E-state index in [1.807, 2.05) is 31.2 Å². The maximum absolute atomic E-state index is 9.31. The highest BCUT2D eigenvalue weighted by Gasteiger charge is 2.34. The lowest BCUT2D eigenvalue weighted by molar-refractivity contribution is 0.127. The third-order valence-electron chi connectivity index (χ3n) is 4.62. The monoisotopic (exact) mass is 493 g/mol. The molecular formula is C19H32IN3O4. The van der Waals surface area contributed by atoms with Crippen molar-refractivity contribution in [1.29, 1.82) is 0 Å². The summed E-state index contributed by atoms with van der Waals surface area (Å²) in [7, 11) is 3.38. The molecule has 0 bridgehead atoms. The number of ether oxygens (including phenoxy) is 3. The maximum atomic E-state index is 9.31. The van der Waals surface area contributed by atoms with Crippen LogP contribution in [0.4, 0.5) is 0 Å². The molecular weight excluding hydrogens is 461 g/mol. The van der Waals surface area contributed by atoms with Crippen LogP contribution < -0.4 is 20.1 Å². The van der Waals surface area contributed by atoms with Crippen LogP contribution in [0.15, 0.2) is 29.3 Å². The normalized spacial score (nSPS) is 20.5. The van der Waals surface area contributed by atoms with E-state index in [4.69, 9.17) is 14.2 Å². The summed E-state index contributed by atoms with van der Waals surface area (Å²) < 4.78 is 16.6. The second-order valence-electron chi connectivity index (χ2n) is 6.69. The van der Waals surface area contributed by atoms with E-state index in [9.17, 15) is 5.11 Å². The Morgan fingerprint density at radius 3 is 2.78 bits per heavy atom. The lowest BCUT2D eigenvalue weighted by Crippen LogP contribution is -2.46. The predicted molar refractivity (Wildman–Crippen MR) is 117 cm³/mol. The first-order chi connectivity index (χ1) is 12.6. The number of hydrogen-bond acceptors (Lipinski definition) is 5. The number of methoxy groups -OCH3 is 1. The quantitative estimate of drug-likeness (QED) is 0.278. The fourth-order valence-corrected chi connectivity index (χ4v) is 2.99. The Morgan fingerprint density at radius 1 is 1.37 bits per heavy atom. The van der Waals surface area contributed by atoms with Crippen molar-refractivity contribution in [1.82, 2.24) is 10.6 Å². The van der Waals surface area contributed by atoms with E-state index in [2.05, 4.69) is 15.6 Å². The van der Waals surface area contributed by atoms with Crippen molar-refractivity contribution in [2.24, 2.45) is 10.4 Å². The van der Waals surface area contributed by atoms with Gasteiger partial charge in [0.25, 0.3) is 0 Å². The summed E-state index contributed by atoms with van der Waals surface area (Å²) in [6, 6.07) is 7.56. The highest BCUT2D eigenvalue weighted by Crippen LogP contribution is 2.31. The van der Waals surface area contributed by atoms with Gasteiger partial charge < -0.3 is 30.0 Å². The Bertz CT molecular complexity index is 580. The minimum absolute atomic E-state index is 0. The Labute approximate surface area is 178 Å². The van der Waals surface area contributed by atoms with Crippen LogP contribution in [-0.4, -0.2) is 64.2 Å². The smallest absolute Gasteiger partial charge is 0.191 e. The first kappa shape index (κ1) is 23.8. The molecule has 1 saturated heterocycles. The van der Waals surface area contributed by atoms with Crippen LogP contribution in [-0.2, 0) is 4.74 Å². The lowest BCUT2D eigenvalue weighted by Gasteiger charge is -2.28. The van der Waals surface area contributed by atoms with E-state index >= 15 is 0 Å². The SMILES string of the molecule is CN=C(NCC(C)Oc1cccc(OC)c1)NCC1(CCO)CCOC1.I. The number of aliphatic hydroxyl groups excluding tert-OH is 1. The Hall–Kier alpha value is -1.26. The molecule has 2 atom stereocenters. The zero-order valence-corrected chi connectivity index (χ0v) is 18.7. The Balaban J connectivity index is 0.00000364. The van der Waals surface area contributed by atoms with Crippen molar-refractivity contribution in [3.05, 3.63) is 24.3 Å². The number of rotatable bonds is 9. The van der Waals surface area contributed by atoms with Gasteiger partial charge in [0.2, 0.25) is 0 Å². The molecule has 0 amide bonds. The largest absolute Gasteiger partial charge is 0.497 e. The van der Waals surface area contributed by atoms with Crippen LogP contribution in [0.1, 0.15) is 19.8 Å². The van der Waals surface area contributed by atoms with E-state index in [-0.39, 0.29) is 42.1 Å². The van der Waals surface area contributed by atoms with Crippen LogP contribution >= 0.6 is 24.0 Å². The molecule has 3 N–H and O–H groups in total. The molecule has 1 aromatic rings. The molecule has 0 radical (unpaired) electrons. The van der Waals surface area contributed by atoms with Gasteiger partial charge in [-0.25, -0.2) is 0 Å². The maximum Gasteiger partial charge on any atom is 0.191 e. The average molecular weight is 493 g/mol. The molecule has 1 aliphatic heterocycles. The molecule has 2 rings (SSSR count). The summed E-state index contributed by atoms with van der Waals surface area (Å²) >= 11 is 0. The number of halogens is 1. The van der Waals surface area contributed by atoms with Crippen LogP contribution in [0.5, 0.6) is 11.5 Å². The highest BCUT2D eigenvalue weighted by molar-refractivity contribution is 14.0. The van der Waals surface area contributed by atoms with Gasteiger partial charge in [-0.05, 0) is 31.9 Å². The fraction of sp³-hybridized carbons (Fsp3) is 0.632. The third-order valence-corrected chi connectivity index (χ3v) is 4.62. The standard InChI is InChI=1S/C19H31N3O4.HI/c1-15(26-17-6-4-5-16(11-17)24-3)12-21-18(20-2)22-13-19(7-9-23)8-10-25-14-19;/h4-6,11,15,23H,7-10,12-14H2,1-3H3,(H2,20,21,22);1H. The van der Waals surface area contributed by atoms with Crippen LogP contribution in [0.2, 0.25) is 0 Å². The van der Waals surface area contributed by atoms with Crippen LogP contribution in [0.25, 0.3) is 0 Å². The Morgan fingerprint density at radius 2 is 2.15 bits per heavy atom. The van der Waals surface area contributed by atoms with E-state index < -0.39 is 0 Å². The van der Waals surface area contributed by atoms with Gasteiger partial charge in [-0.2, -0.15) is 0 Å². The summed E-state index contributed by atoms with van der Waals surface area (Å²) in [6.45, 7) is 4.92. The summed E-state index contributed by atoms with van der Waals surface area (Å²) in [5.74, 6) is 2.26. The van der Waals surface area contributed by atoms with Gasteiger partial charge in [0.15, 0.2) is 5.96 Å². The number of nitrogens with zero attached hydrogens (tertiary/aromatic N) is 1. The van der Waals surface area contributed by atoms with Gasteiger partial charge in [-0.15, -0.1) is 24.0 Å². The van der Waals surface area contributed by atoms with Gasteiger partial charge in [0.05, 0.1) is 20.3 Å². The molecule has 0 aromatic heterocycles. The van der Waals surface area contributed by atoms with E-state index in [0.717, 1.165) is 43.5 Å². The molecule has 8 heteroatoms. The Kier molecular flexibility index (Phi) is 10.8. The van der Waals surface area contributed by atoms with Crippen molar-refractivity contribution >= 4 is 29.9 Å². The third kappa shape index (κ3) is 7.71. The van der Waals surface area contributed by atoms with E-state index in [1.54, 1.807) is 14.2 Å². The van der Waals surface area contributed by atoms with E-state index in [0.29, 0.717) is 13.2 Å². The average Bonchev–Trinajstić information content (AvgIpc) is 3.11. The van der Waals surface area contributed by atoms with Crippen LogP contribution in [0.3, 0.4) is 0 Å². The summed E-state index contributed by atoms with van der Waals surface area (Å²) in [6.07, 6.45) is 1.64. The molecule has 0 aliphatic carbocycles. The molecule has 1 aromatic carbocycles. The molecule has 154 valence electrons. The minimum Gasteiger partial charge on any atom is -0.497 e. The van der Waals surface area contributed by atoms with Crippen molar-refractivity contribution in [3.63, 3.8) is 0 Å². The number of nitrogens with one attached hydrogen (secondary N) is 2. The van der Waals surface area contributed by atoms with Gasteiger partial charge in [0.1, 0.15) is 17.6 Å². The first-order valence-corrected chi connectivity index (χ1v) is 9.04. The fourth-order valence-electron chi connectivity index (χ4n) is 2.99. The van der Waals surface area contributed by atoms with Crippen molar-refractivity contribution in [3.8, 4) is 11.5 Å². The van der Waals surface area contributed by atoms with Crippen LogP contribution in [0, 0.1) is 5.41 Å². The summed E-state index contributed by atoms with van der Waals surface area (Å²) in [5, 5.41) is 15.9. The first-order valence-electron chi connectivity index (χ1n) is 9.04. The molecule has 27 heavy (non-hydrogen) atoms. The van der Waals surface area contributed by atoms with Gasteiger partial charge in [-0.3, -0.25) is 4.99 Å². The molecule has 2 unspecified atom stereocenters. The highest BCUT2D eigenvalue weighted by atomic mass is 127.